The van der Waals surface area contributed by atoms with E-state index in [1.54, 1.807) is 17.6 Å². The van der Waals surface area contributed by atoms with E-state index in [9.17, 15) is 4.79 Å². The zero-order chi connectivity index (χ0) is 11.3. The van der Waals surface area contributed by atoms with Crippen LogP contribution in [-0.2, 0) is 4.79 Å². The minimum atomic E-state index is -0.0738. The second-order valence-electron chi connectivity index (χ2n) is 4.26. The van der Waals surface area contributed by atoms with Gasteiger partial charge in [-0.3, -0.25) is 4.79 Å². The second kappa shape index (κ2) is 6.62. The highest BCUT2D eigenvalue weighted by atomic mass is 35.5. The van der Waals surface area contributed by atoms with E-state index >= 15 is 0 Å². The molecule has 1 N–H and O–H groups in total. The molecule has 1 heterocycles. The number of likely N-dealkylation sites (N-methyl/N-ethyl adjacent to an activating group) is 1. The van der Waals surface area contributed by atoms with Crippen LogP contribution in [0.1, 0.15) is 4.88 Å². The molecule has 6 heteroatoms. The molecule has 0 saturated carbocycles. The molecule has 1 amide bonds. The summed E-state index contributed by atoms with van der Waals surface area (Å²) < 4.78 is 0.598. The molecule has 0 aliphatic rings. The molecular weight excluding hydrogens is 246 g/mol. The van der Waals surface area contributed by atoms with E-state index in [1.807, 2.05) is 38.7 Å². The predicted molar refractivity (Wildman–Crippen MR) is 63.0 cm³/mol. The average molecular weight is 262 g/mol. The summed E-state index contributed by atoms with van der Waals surface area (Å²) in [5.74, 6) is -0.0738. The molecule has 16 heavy (non-hydrogen) atoms. The minimum Gasteiger partial charge on any atom is -1.00 e. The monoisotopic (exact) mass is 261 g/mol. The quantitative estimate of drug-likeness (QED) is 0.377. The SMILES string of the molecule is C[N+](C)(C)CC(=O)NN=Cc1cccs1.[Cl-]. The number of hydrazone groups is 1. The standard InChI is InChI=1S/C10H15N3OS.ClH/c1-13(2,3)8-10(14)12-11-7-9-5-4-6-15-9;/h4-7H,8H2,1-3H3;1H. The number of nitrogens with one attached hydrogen (secondary N) is 1. The first-order valence-corrected chi connectivity index (χ1v) is 5.51. The topological polar surface area (TPSA) is 41.5 Å². The summed E-state index contributed by atoms with van der Waals surface area (Å²) in [4.78, 5) is 12.4. The number of carbonyl (C=O) groups excluding carboxylic acids is 1. The number of quaternary nitrogens is 1. The lowest BCUT2D eigenvalue weighted by molar-refractivity contribution is -0.862. The fourth-order valence-electron chi connectivity index (χ4n) is 0.999. The van der Waals surface area contributed by atoms with Crippen molar-refractivity contribution in [3.8, 4) is 0 Å². The van der Waals surface area contributed by atoms with E-state index in [1.165, 1.54) is 0 Å². The van der Waals surface area contributed by atoms with Gasteiger partial charge in [-0.05, 0) is 11.4 Å². The van der Waals surface area contributed by atoms with E-state index in [0.29, 0.717) is 11.0 Å². The van der Waals surface area contributed by atoms with Crippen molar-refractivity contribution in [2.24, 2.45) is 5.10 Å². The van der Waals surface area contributed by atoms with Crippen LogP contribution in [0.4, 0.5) is 0 Å². The first-order valence-electron chi connectivity index (χ1n) is 4.63. The van der Waals surface area contributed by atoms with Crippen molar-refractivity contribution >= 4 is 23.5 Å². The number of hydrogen-bond acceptors (Lipinski definition) is 3. The summed E-state index contributed by atoms with van der Waals surface area (Å²) in [6.45, 7) is 0.418. The van der Waals surface area contributed by atoms with Crippen LogP contribution >= 0.6 is 11.3 Å². The molecule has 4 nitrogen and oxygen atoms in total. The number of rotatable bonds is 4. The fourth-order valence-corrected chi connectivity index (χ4v) is 1.58. The van der Waals surface area contributed by atoms with E-state index in [4.69, 9.17) is 0 Å². The van der Waals surface area contributed by atoms with E-state index < -0.39 is 0 Å². The van der Waals surface area contributed by atoms with Crippen molar-refractivity contribution in [1.29, 1.82) is 0 Å². The van der Waals surface area contributed by atoms with Crippen LogP contribution in [0.25, 0.3) is 0 Å². The van der Waals surface area contributed by atoms with Gasteiger partial charge in [0, 0.05) is 4.88 Å². The Labute approximate surface area is 106 Å². The number of halogens is 1. The van der Waals surface area contributed by atoms with Crippen LogP contribution in [0.2, 0.25) is 0 Å². The molecular formula is C10H16ClN3OS. The molecule has 0 aliphatic heterocycles. The van der Waals surface area contributed by atoms with Crippen LogP contribution in [0.5, 0.6) is 0 Å². The Hall–Kier alpha value is -0.910. The Bertz CT molecular complexity index is 343. The maximum atomic E-state index is 11.4. The molecule has 90 valence electrons. The van der Waals surface area contributed by atoms with Gasteiger partial charge in [-0.15, -0.1) is 11.3 Å². The third-order valence-corrected chi connectivity index (χ3v) is 2.35. The third-order valence-electron chi connectivity index (χ3n) is 1.54. The molecule has 0 aromatic carbocycles. The number of amides is 1. The molecule has 0 atom stereocenters. The maximum Gasteiger partial charge on any atom is 0.295 e. The number of hydrogen-bond donors (Lipinski definition) is 1. The van der Waals surface area contributed by atoms with Crippen LogP contribution < -0.4 is 17.8 Å². The molecule has 1 aromatic rings. The van der Waals surface area contributed by atoms with Gasteiger partial charge in [0.05, 0.1) is 27.4 Å². The third kappa shape index (κ3) is 6.55. The molecule has 0 spiro atoms. The number of nitrogens with zero attached hydrogens (tertiary/aromatic N) is 2. The Kier molecular flexibility index (Phi) is 6.25. The highest BCUT2D eigenvalue weighted by molar-refractivity contribution is 7.11. The largest absolute Gasteiger partial charge is 1.00 e. The summed E-state index contributed by atoms with van der Waals surface area (Å²) >= 11 is 1.58. The predicted octanol–water partition coefficient (Wildman–Crippen LogP) is -2.09. The maximum absolute atomic E-state index is 11.4. The van der Waals surface area contributed by atoms with Crippen molar-refractivity contribution in [2.75, 3.05) is 27.7 Å². The zero-order valence-electron chi connectivity index (χ0n) is 9.61. The molecule has 0 saturated heterocycles. The minimum absolute atomic E-state index is 0. The lowest BCUT2D eigenvalue weighted by Gasteiger charge is -2.21. The summed E-state index contributed by atoms with van der Waals surface area (Å²) in [7, 11) is 5.88. The van der Waals surface area contributed by atoms with Crippen molar-refractivity contribution < 1.29 is 21.7 Å². The van der Waals surface area contributed by atoms with Crippen molar-refractivity contribution in [2.45, 2.75) is 0 Å². The Balaban J connectivity index is 0.00000225. The van der Waals surface area contributed by atoms with Gasteiger partial charge in [0.15, 0.2) is 6.54 Å². The Morgan fingerprint density at radius 2 is 2.25 bits per heavy atom. The fraction of sp³-hybridized carbons (Fsp3) is 0.400. The highest BCUT2D eigenvalue weighted by Gasteiger charge is 2.12. The Morgan fingerprint density at radius 3 is 2.75 bits per heavy atom. The molecule has 0 fully saturated rings. The zero-order valence-corrected chi connectivity index (χ0v) is 11.2. The van der Waals surface area contributed by atoms with Crippen molar-refractivity contribution in [3.63, 3.8) is 0 Å². The summed E-state index contributed by atoms with van der Waals surface area (Å²) in [5, 5.41) is 5.84. The summed E-state index contributed by atoms with van der Waals surface area (Å²) in [6.07, 6.45) is 1.65. The van der Waals surface area contributed by atoms with Crippen LogP contribution in [-0.4, -0.2) is 44.3 Å². The summed E-state index contributed by atoms with van der Waals surface area (Å²) in [5.41, 5.74) is 2.50. The van der Waals surface area contributed by atoms with Gasteiger partial charge in [-0.1, -0.05) is 6.07 Å². The smallest absolute Gasteiger partial charge is 0.295 e. The number of carbonyl (C=O) groups is 1. The lowest BCUT2D eigenvalue weighted by atomic mass is 10.5. The van der Waals surface area contributed by atoms with Gasteiger partial charge < -0.3 is 16.9 Å². The first kappa shape index (κ1) is 15.1. The van der Waals surface area contributed by atoms with Gasteiger partial charge in [0.1, 0.15) is 0 Å². The summed E-state index contributed by atoms with van der Waals surface area (Å²) in [6, 6.07) is 3.89. The average Bonchev–Trinajstić information content (AvgIpc) is 2.53. The molecule has 0 unspecified atom stereocenters. The van der Waals surface area contributed by atoms with Gasteiger partial charge >= 0.3 is 0 Å². The van der Waals surface area contributed by atoms with Gasteiger partial charge in [-0.2, -0.15) is 5.10 Å². The molecule has 1 aromatic heterocycles. The Morgan fingerprint density at radius 1 is 1.56 bits per heavy atom. The van der Waals surface area contributed by atoms with Gasteiger partial charge in [-0.25, -0.2) is 5.43 Å². The van der Waals surface area contributed by atoms with Gasteiger partial charge in [0.25, 0.3) is 5.91 Å². The van der Waals surface area contributed by atoms with E-state index in [-0.39, 0.29) is 18.3 Å². The highest BCUT2D eigenvalue weighted by Crippen LogP contribution is 2.03. The first-order chi connectivity index (χ1) is 6.97. The van der Waals surface area contributed by atoms with E-state index in [0.717, 1.165) is 4.88 Å². The normalized spacial score (nSPS) is 11.2. The van der Waals surface area contributed by atoms with Crippen LogP contribution in [0.15, 0.2) is 22.6 Å². The molecule has 1 rings (SSSR count). The lowest BCUT2D eigenvalue weighted by Crippen LogP contribution is -3.00. The molecule has 0 aliphatic carbocycles. The molecule has 0 bridgehead atoms. The van der Waals surface area contributed by atoms with Crippen molar-refractivity contribution in [1.82, 2.24) is 5.43 Å². The van der Waals surface area contributed by atoms with E-state index in [2.05, 4.69) is 10.5 Å². The molecule has 0 radical (unpaired) electrons. The second-order valence-corrected chi connectivity index (χ2v) is 5.24. The van der Waals surface area contributed by atoms with Crippen LogP contribution in [0.3, 0.4) is 0 Å². The van der Waals surface area contributed by atoms with Crippen molar-refractivity contribution in [3.05, 3.63) is 22.4 Å². The van der Waals surface area contributed by atoms with Gasteiger partial charge in [0.2, 0.25) is 0 Å². The van der Waals surface area contributed by atoms with Crippen LogP contribution in [0, 0.1) is 0 Å². The number of thiophene rings is 1.